The number of benzene rings is 2. The Hall–Kier alpha value is -4.98. The molecule has 0 bridgehead atoms. The van der Waals surface area contributed by atoms with Gasteiger partial charge in [0.25, 0.3) is 11.6 Å². The van der Waals surface area contributed by atoms with Gasteiger partial charge in [0.1, 0.15) is 11.5 Å². The van der Waals surface area contributed by atoms with E-state index in [1.807, 2.05) is 0 Å². The normalized spacial score (nSPS) is 13.8. The molecule has 5 rings (SSSR count). The standard InChI is InChI=1S/C28H28F2N6O6/c1-4-34-7-9-35(10-8-34)15-5-6-17(18(11-15)36(38)39)33-22-12-16-21(14-32-22)42-27(28(31)37)23(16)24-25(29)19(40-2)13-20(41-3)26(24)30/h5-6,11-14H,4,7-10H2,1-3H3,(H2,31,37)(H,32,33). The van der Waals surface area contributed by atoms with Crippen LogP contribution in [-0.4, -0.2) is 67.7 Å². The third-order valence-electron chi connectivity index (χ3n) is 7.25. The van der Waals surface area contributed by atoms with Crippen molar-refractivity contribution in [3.8, 4) is 22.6 Å². The van der Waals surface area contributed by atoms with Crippen molar-refractivity contribution in [3.63, 3.8) is 0 Å². The van der Waals surface area contributed by atoms with Gasteiger partial charge < -0.3 is 34.7 Å². The Bertz CT molecular complexity index is 1660. The average Bonchev–Trinajstić information content (AvgIpc) is 3.36. The summed E-state index contributed by atoms with van der Waals surface area (Å²) in [6, 6.07) is 7.22. The number of hydrogen-bond donors (Lipinski definition) is 2. The highest BCUT2D eigenvalue weighted by molar-refractivity contribution is 6.08. The van der Waals surface area contributed by atoms with Gasteiger partial charge in [-0.2, -0.15) is 0 Å². The van der Waals surface area contributed by atoms with Crippen LogP contribution in [0.25, 0.3) is 22.1 Å². The van der Waals surface area contributed by atoms with Crippen molar-refractivity contribution >= 4 is 39.8 Å². The number of rotatable bonds is 9. The van der Waals surface area contributed by atoms with Crippen LogP contribution in [-0.2, 0) is 0 Å². The molecule has 2 aromatic heterocycles. The third kappa shape index (κ3) is 5.11. The summed E-state index contributed by atoms with van der Waals surface area (Å²) >= 11 is 0. The van der Waals surface area contributed by atoms with E-state index in [0.717, 1.165) is 38.8 Å². The molecule has 12 nitrogen and oxygen atoms in total. The number of nitrogens with two attached hydrogens (primary N) is 1. The molecular weight excluding hydrogens is 554 g/mol. The largest absolute Gasteiger partial charge is 0.494 e. The number of halogens is 2. The molecule has 1 fully saturated rings. The van der Waals surface area contributed by atoms with Gasteiger partial charge >= 0.3 is 0 Å². The van der Waals surface area contributed by atoms with Crippen molar-refractivity contribution in [1.82, 2.24) is 9.88 Å². The van der Waals surface area contributed by atoms with Crippen LogP contribution in [0.3, 0.4) is 0 Å². The van der Waals surface area contributed by atoms with E-state index in [4.69, 9.17) is 19.6 Å². The lowest BCUT2D eigenvalue weighted by Gasteiger charge is -2.35. The third-order valence-corrected chi connectivity index (χ3v) is 7.25. The van der Waals surface area contributed by atoms with Crippen molar-refractivity contribution in [2.45, 2.75) is 6.92 Å². The van der Waals surface area contributed by atoms with Gasteiger partial charge in [0.2, 0.25) is 5.76 Å². The van der Waals surface area contributed by atoms with Crippen LogP contribution >= 0.6 is 0 Å². The quantitative estimate of drug-likeness (QED) is 0.210. The zero-order valence-electron chi connectivity index (χ0n) is 23.1. The van der Waals surface area contributed by atoms with Crippen molar-refractivity contribution in [1.29, 1.82) is 0 Å². The van der Waals surface area contributed by atoms with Crippen molar-refractivity contribution < 1.29 is 32.4 Å². The van der Waals surface area contributed by atoms with Gasteiger partial charge in [-0.25, -0.2) is 13.8 Å². The fourth-order valence-corrected chi connectivity index (χ4v) is 5.03. The number of pyridine rings is 1. The molecule has 42 heavy (non-hydrogen) atoms. The summed E-state index contributed by atoms with van der Waals surface area (Å²) in [5, 5.41) is 15.0. The first-order valence-electron chi connectivity index (χ1n) is 13.0. The maximum absolute atomic E-state index is 15.5. The fourth-order valence-electron chi connectivity index (χ4n) is 5.03. The van der Waals surface area contributed by atoms with Gasteiger partial charge in [0, 0.05) is 54.9 Å². The predicted octanol–water partition coefficient (Wildman–Crippen LogP) is 4.68. The van der Waals surface area contributed by atoms with E-state index in [1.54, 1.807) is 12.1 Å². The number of likely N-dealkylation sites (N-methyl/N-ethyl adjacent to an activating group) is 1. The number of amides is 1. The average molecular weight is 583 g/mol. The number of nitro groups is 1. The molecule has 0 atom stereocenters. The highest BCUT2D eigenvalue weighted by Gasteiger charge is 2.30. The van der Waals surface area contributed by atoms with E-state index in [1.165, 1.54) is 32.5 Å². The lowest BCUT2D eigenvalue weighted by molar-refractivity contribution is -0.383. The number of carbonyl (C=O) groups excluding carboxylic acids is 1. The summed E-state index contributed by atoms with van der Waals surface area (Å²) in [6.45, 7) is 6.23. The maximum Gasteiger partial charge on any atom is 0.294 e. The Morgan fingerprint density at radius 3 is 2.33 bits per heavy atom. The lowest BCUT2D eigenvalue weighted by atomic mass is 9.99. The lowest BCUT2D eigenvalue weighted by Crippen LogP contribution is -2.46. The van der Waals surface area contributed by atoms with Crippen LogP contribution in [0.4, 0.5) is 31.7 Å². The van der Waals surface area contributed by atoms with Crippen LogP contribution in [0.1, 0.15) is 17.5 Å². The van der Waals surface area contributed by atoms with Gasteiger partial charge in [-0.1, -0.05) is 6.92 Å². The Morgan fingerprint density at radius 2 is 1.76 bits per heavy atom. The molecule has 14 heteroatoms. The Morgan fingerprint density at radius 1 is 1.10 bits per heavy atom. The van der Waals surface area contributed by atoms with Gasteiger partial charge in [-0.3, -0.25) is 14.9 Å². The van der Waals surface area contributed by atoms with Gasteiger partial charge in [-0.15, -0.1) is 0 Å². The number of carbonyl (C=O) groups is 1. The summed E-state index contributed by atoms with van der Waals surface area (Å²) < 4.78 is 46.6. The smallest absolute Gasteiger partial charge is 0.294 e. The number of ether oxygens (including phenoxy) is 2. The maximum atomic E-state index is 15.5. The molecule has 3 heterocycles. The van der Waals surface area contributed by atoms with Gasteiger partial charge in [0.15, 0.2) is 28.7 Å². The molecule has 2 aromatic carbocycles. The molecule has 1 saturated heterocycles. The molecule has 1 amide bonds. The first kappa shape index (κ1) is 28.5. The minimum Gasteiger partial charge on any atom is -0.494 e. The Kier molecular flexibility index (Phi) is 7.81. The molecule has 0 unspecified atom stereocenters. The van der Waals surface area contributed by atoms with E-state index >= 15 is 8.78 Å². The molecule has 1 aliphatic heterocycles. The minimum atomic E-state index is -1.11. The minimum absolute atomic E-state index is 0.000931. The Labute approximate surface area is 238 Å². The number of nitrogens with zero attached hydrogens (tertiary/aromatic N) is 4. The van der Waals surface area contributed by atoms with Crippen molar-refractivity contribution in [3.05, 3.63) is 64.0 Å². The van der Waals surface area contributed by atoms with Crippen LogP contribution in [0, 0.1) is 21.7 Å². The molecular formula is C28H28F2N6O6. The summed E-state index contributed by atoms with van der Waals surface area (Å²) in [7, 11) is 2.38. The van der Waals surface area contributed by atoms with Crippen molar-refractivity contribution in [2.75, 3.05) is 57.2 Å². The molecule has 0 spiro atoms. The van der Waals surface area contributed by atoms with Gasteiger partial charge in [0.05, 0.1) is 30.9 Å². The number of hydrogen-bond acceptors (Lipinski definition) is 10. The van der Waals surface area contributed by atoms with Crippen LogP contribution in [0.15, 0.2) is 40.9 Å². The SMILES string of the molecule is CCN1CCN(c2ccc(Nc3cc4c(-c5c(F)c(OC)cc(OC)c5F)c(C(N)=O)oc4cn3)c([N+](=O)[O-])c2)CC1. The molecule has 1 aliphatic rings. The van der Waals surface area contributed by atoms with Crippen LogP contribution < -0.4 is 25.4 Å². The summed E-state index contributed by atoms with van der Waals surface area (Å²) in [4.78, 5) is 32.4. The number of methoxy groups -OCH3 is 2. The molecule has 4 aromatic rings. The number of furan rings is 1. The summed E-state index contributed by atoms with van der Waals surface area (Å²) in [5.41, 5.74) is 5.23. The summed E-state index contributed by atoms with van der Waals surface area (Å²) in [6.07, 6.45) is 1.22. The zero-order chi connectivity index (χ0) is 30.1. The Balaban J connectivity index is 1.58. The first-order valence-corrected chi connectivity index (χ1v) is 13.0. The highest BCUT2D eigenvalue weighted by atomic mass is 19.1. The number of primary amides is 1. The number of nitro benzene ring substituents is 1. The molecule has 0 radical (unpaired) electrons. The topological polar surface area (TPSA) is 149 Å². The molecule has 0 aliphatic carbocycles. The molecule has 220 valence electrons. The van der Waals surface area contributed by atoms with E-state index in [2.05, 4.69) is 27.0 Å². The van der Waals surface area contributed by atoms with E-state index in [0.29, 0.717) is 5.69 Å². The fraction of sp³-hybridized carbons (Fsp3) is 0.286. The number of piperazine rings is 1. The van der Waals surface area contributed by atoms with Crippen molar-refractivity contribution in [2.24, 2.45) is 5.73 Å². The number of nitrogens with one attached hydrogen (secondary N) is 1. The monoisotopic (exact) mass is 582 g/mol. The first-order chi connectivity index (χ1) is 20.2. The van der Waals surface area contributed by atoms with E-state index < -0.39 is 33.8 Å². The van der Waals surface area contributed by atoms with Crippen LogP contribution in [0.5, 0.6) is 11.5 Å². The molecule has 0 saturated carbocycles. The number of anilines is 3. The zero-order valence-corrected chi connectivity index (χ0v) is 23.1. The number of fused-ring (bicyclic) bond motifs is 1. The van der Waals surface area contributed by atoms with Crippen LogP contribution in [0.2, 0.25) is 0 Å². The second-order valence-corrected chi connectivity index (χ2v) is 9.53. The number of aromatic nitrogens is 1. The van der Waals surface area contributed by atoms with E-state index in [-0.39, 0.29) is 45.2 Å². The molecule has 3 N–H and O–H groups in total. The van der Waals surface area contributed by atoms with E-state index in [9.17, 15) is 14.9 Å². The predicted molar refractivity (Wildman–Crippen MR) is 152 cm³/mol. The van der Waals surface area contributed by atoms with Gasteiger partial charge in [-0.05, 0) is 24.7 Å². The second kappa shape index (κ2) is 11.5. The second-order valence-electron chi connectivity index (χ2n) is 9.53. The summed E-state index contributed by atoms with van der Waals surface area (Å²) in [5.74, 6) is -4.42. The highest BCUT2D eigenvalue weighted by Crippen LogP contribution is 2.44.